The number of nitrogens with one attached hydrogen (secondary N) is 1. The van der Waals surface area contributed by atoms with Crippen molar-refractivity contribution in [2.75, 3.05) is 0 Å². The quantitative estimate of drug-likeness (QED) is 0.814. The summed E-state index contributed by atoms with van der Waals surface area (Å²) in [5, 5.41) is 12.0. The monoisotopic (exact) mass is 337 g/mol. The second-order valence-corrected chi connectivity index (χ2v) is 6.80. The van der Waals surface area contributed by atoms with Crippen molar-refractivity contribution < 1.29 is 14.7 Å². The molecule has 3 rings (SSSR count). The average molecular weight is 337 g/mol. The highest BCUT2D eigenvalue weighted by Crippen LogP contribution is 2.43. The van der Waals surface area contributed by atoms with E-state index in [0.717, 1.165) is 18.4 Å². The summed E-state index contributed by atoms with van der Waals surface area (Å²) in [6.45, 7) is 0. The van der Waals surface area contributed by atoms with Crippen LogP contribution in [0, 0.1) is 5.92 Å². The third-order valence-corrected chi connectivity index (χ3v) is 4.90. The second-order valence-electron chi connectivity index (χ2n) is 6.80. The first-order chi connectivity index (χ1) is 12.1. The zero-order chi connectivity index (χ0) is 17.6. The normalized spacial score (nSPS) is 20.3. The molecule has 4 nitrogen and oxygen atoms in total. The molecule has 4 heteroatoms. The van der Waals surface area contributed by atoms with Crippen LogP contribution in [0.2, 0.25) is 0 Å². The van der Waals surface area contributed by atoms with E-state index in [1.807, 2.05) is 48.5 Å². The molecule has 1 aliphatic carbocycles. The van der Waals surface area contributed by atoms with Gasteiger partial charge in [-0.2, -0.15) is 0 Å². The van der Waals surface area contributed by atoms with Gasteiger partial charge in [-0.15, -0.1) is 0 Å². The summed E-state index contributed by atoms with van der Waals surface area (Å²) in [6, 6.07) is 18.8. The molecule has 2 N–H and O–H groups in total. The van der Waals surface area contributed by atoms with Gasteiger partial charge in [-0.25, -0.2) is 4.79 Å². The molecule has 0 heterocycles. The van der Waals surface area contributed by atoms with E-state index >= 15 is 0 Å². The summed E-state index contributed by atoms with van der Waals surface area (Å²) in [6.07, 6.45) is 2.70. The van der Waals surface area contributed by atoms with Gasteiger partial charge >= 0.3 is 5.97 Å². The molecule has 1 fully saturated rings. The van der Waals surface area contributed by atoms with Crippen LogP contribution in [0.1, 0.15) is 36.3 Å². The summed E-state index contributed by atoms with van der Waals surface area (Å²) < 4.78 is 0. The van der Waals surface area contributed by atoms with E-state index in [1.54, 1.807) is 0 Å². The Bertz CT molecular complexity index is 708. The molecule has 0 aromatic heterocycles. The van der Waals surface area contributed by atoms with Gasteiger partial charge in [0, 0.05) is 12.8 Å². The molecule has 1 saturated carbocycles. The molecule has 130 valence electrons. The van der Waals surface area contributed by atoms with Gasteiger partial charge in [-0.1, -0.05) is 60.7 Å². The summed E-state index contributed by atoms with van der Waals surface area (Å²) in [5.74, 6) is -0.289. The zero-order valence-corrected chi connectivity index (χ0v) is 14.1. The molecule has 2 aromatic rings. The molecule has 1 atom stereocenters. The lowest BCUT2D eigenvalue weighted by molar-refractivity contribution is -0.142. The van der Waals surface area contributed by atoms with Crippen molar-refractivity contribution in [3.8, 4) is 0 Å². The molecule has 0 saturated heterocycles. The highest BCUT2D eigenvalue weighted by atomic mass is 16.4. The number of carboxylic acid groups (broad SMARTS) is 1. The molecule has 0 radical (unpaired) electrons. The molecular formula is C21H23NO3. The number of carbonyl (C=O) groups is 2. The predicted octanol–water partition coefficient (Wildman–Crippen LogP) is 3.38. The van der Waals surface area contributed by atoms with Crippen molar-refractivity contribution in [1.29, 1.82) is 0 Å². The molecule has 2 aromatic carbocycles. The Labute approximate surface area is 147 Å². The van der Waals surface area contributed by atoms with Crippen LogP contribution < -0.4 is 5.32 Å². The van der Waals surface area contributed by atoms with Crippen LogP contribution in [0.15, 0.2) is 60.7 Å². The Kier molecular flexibility index (Phi) is 5.49. The van der Waals surface area contributed by atoms with Crippen LogP contribution in [-0.4, -0.2) is 23.0 Å². The number of rotatable bonds is 7. The SMILES string of the molecule is O=C(CC1CC(c2ccccc2)C1)N[C@H](Cc1ccccc1)C(=O)O. The molecule has 1 aliphatic rings. The lowest BCUT2D eigenvalue weighted by Crippen LogP contribution is -2.43. The van der Waals surface area contributed by atoms with Gasteiger partial charge in [-0.3, -0.25) is 4.79 Å². The number of carboxylic acids is 1. The first-order valence-corrected chi connectivity index (χ1v) is 8.73. The van der Waals surface area contributed by atoms with E-state index < -0.39 is 12.0 Å². The highest BCUT2D eigenvalue weighted by molar-refractivity contribution is 5.83. The van der Waals surface area contributed by atoms with Crippen molar-refractivity contribution in [3.05, 3.63) is 71.8 Å². The summed E-state index contributed by atoms with van der Waals surface area (Å²) in [5.41, 5.74) is 2.23. The van der Waals surface area contributed by atoms with Crippen LogP contribution in [0.3, 0.4) is 0 Å². The molecule has 0 bridgehead atoms. The smallest absolute Gasteiger partial charge is 0.326 e. The Balaban J connectivity index is 1.47. The number of hydrogen-bond donors (Lipinski definition) is 2. The molecule has 0 spiro atoms. The minimum absolute atomic E-state index is 0.167. The Morgan fingerprint density at radius 3 is 2.20 bits per heavy atom. The molecular weight excluding hydrogens is 314 g/mol. The fraction of sp³-hybridized carbons (Fsp3) is 0.333. The van der Waals surface area contributed by atoms with E-state index in [9.17, 15) is 14.7 Å². The van der Waals surface area contributed by atoms with E-state index in [1.165, 1.54) is 5.56 Å². The number of aliphatic carboxylic acids is 1. The van der Waals surface area contributed by atoms with Gasteiger partial charge in [0.25, 0.3) is 0 Å². The van der Waals surface area contributed by atoms with Gasteiger partial charge in [0.05, 0.1) is 0 Å². The average Bonchev–Trinajstić information content (AvgIpc) is 2.59. The summed E-state index contributed by atoms with van der Waals surface area (Å²) in [4.78, 5) is 23.7. The first-order valence-electron chi connectivity index (χ1n) is 8.73. The lowest BCUT2D eigenvalue weighted by Gasteiger charge is -2.35. The van der Waals surface area contributed by atoms with E-state index in [0.29, 0.717) is 24.7 Å². The van der Waals surface area contributed by atoms with Gasteiger partial charge in [0.2, 0.25) is 5.91 Å². The minimum Gasteiger partial charge on any atom is -0.480 e. The largest absolute Gasteiger partial charge is 0.480 e. The topological polar surface area (TPSA) is 66.4 Å². The number of amides is 1. The predicted molar refractivity (Wildman–Crippen MR) is 96.2 cm³/mol. The molecule has 25 heavy (non-hydrogen) atoms. The third-order valence-electron chi connectivity index (χ3n) is 4.90. The van der Waals surface area contributed by atoms with Crippen LogP contribution in [0.25, 0.3) is 0 Å². The second kappa shape index (κ2) is 7.97. The Hall–Kier alpha value is -2.62. The van der Waals surface area contributed by atoms with Gasteiger partial charge in [-0.05, 0) is 35.8 Å². The van der Waals surface area contributed by atoms with Gasteiger partial charge in [0.15, 0.2) is 0 Å². The van der Waals surface area contributed by atoms with Crippen molar-refractivity contribution in [2.45, 2.75) is 37.6 Å². The fourth-order valence-electron chi connectivity index (χ4n) is 3.47. The van der Waals surface area contributed by atoms with Crippen molar-refractivity contribution >= 4 is 11.9 Å². The fourth-order valence-corrected chi connectivity index (χ4v) is 3.47. The number of carbonyl (C=O) groups excluding carboxylic acids is 1. The van der Waals surface area contributed by atoms with Crippen LogP contribution >= 0.6 is 0 Å². The van der Waals surface area contributed by atoms with Crippen LogP contribution in [0.5, 0.6) is 0 Å². The molecule has 0 aliphatic heterocycles. The highest BCUT2D eigenvalue weighted by Gasteiger charge is 2.32. The lowest BCUT2D eigenvalue weighted by atomic mass is 9.70. The van der Waals surface area contributed by atoms with E-state index in [2.05, 4.69) is 17.4 Å². The summed E-state index contributed by atoms with van der Waals surface area (Å²) >= 11 is 0. The zero-order valence-electron chi connectivity index (χ0n) is 14.1. The Morgan fingerprint density at radius 1 is 1.00 bits per heavy atom. The third kappa shape index (κ3) is 4.69. The van der Waals surface area contributed by atoms with Crippen molar-refractivity contribution in [2.24, 2.45) is 5.92 Å². The van der Waals surface area contributed by atoms with Crippen molar-refractivity contribution in [3.63, 3.8) is 0 Å². The number of hydrogen-bond acceptors (Lipinski definition) is 2. The Morgan fingerprint density at radius 2 is 1.60 bits per heavy atom. The van der Waals surface area contributed by atoms with E-state index in [-0.39, 0.29) is 5.91 Å². The van der Waals surface area contributed by atoms with Crippen molar-refractivity contribution in [1.82, 2.24) is 5.32 Å². The van der Waals surface area contributed by atoms with Gasteiger partial charge < -0.3 is 10.4 Å². The maximum absolute atomic E-state index is 12.2. The van der Waals surface area contributed by atoms with Crippen LogP contribution in [0.4, 0.5) is 0 Å². The molecule has 1 amide bonds. The van der Waals surface area contributed by atoms with Gasteiger partial charge in [0.1, 0.15) is 6.04 Å². The standard InChI is InChI=1S/C21H23NO3/c23-20(14-16-11-18(12-16)17-9-5-2-6-10-17)22-19(21(24)25)13-15-7-3-1-4-8-15/h1-10,16,18-19H,11-14H2,(H,22,23)(H,24,25)/t16?,18?,19-/m1/s1. The maximum atomic E-state index is 12.2. The molecule has 0 unspecified atom stereocenters. The minimum atomic E-state index is -0.993. The van der Waals surface area contributed by atoms with E-state index in [4.69, 9.17) is 0 Å². The number of benzene rings is 2. The van der Waals surface area contributed by atoms with Crippen LogP contribution in [-0.2, 0) is 16.0 Å². The first kappa shape index (κ1) is 17.2. The summed E-state index contributed by atoms with van der Waals surface area (Å²) in [7, 11) is 0. The maximum Gasteiger partial charge on any atom is 0.326 e.